The summed E-state index contributed by atoms with van der Waals surface area (Å²) in [5.74, 6) is 0. The van der Waals surface area contributed by atoms with E-state index in [-0.39, 0.29) is 10.8 Å². The van der Waals surface area contributed by atoms with E-state index < -0.39 is 7.37 Å². The second-order valence-corrected chi connectivity index (χ2v) is 11.9. The Morgan fingerprint density at radius 2 is 1.12 bits per heavy atom. The number of benzene rings is 2. The van der Waals surface area contributed by atoms with Gasteiger partial charge in [0.1, 0.15) is 0 Å². The third-order valence-corrected chi connectivity index (χ3v) is 6.58. The maximum absolute atomic E-state index is 13.3. The summed E-state index contributed by atoms with van der Waals surface area (Å²) in [6, 6.07) is 12.1. The highest BCUT2D eigenvalue weighted by atomic mass is 31.2. The summed E-state index contributed by atoms with van der Waals surface area (Å²) in [5, 5.41) is 1.22. The second kappa shape index (κ2) is 5.83. The Morgan fingerprint density at radius 3 is 1.44 bits per heavy atom. The van der Waals surface area contributed by atoms with Gasteiger partial charge in [0.25, 0.3) is 7.37 Å². The van der Waals surface area contributed by atoms with Crippen molar-refractivity contribution in [3.05, 3.63) is 47.5 Å². The molecule has 3 heteroatoms. The molecule has 1 heterocycles. The molecule has 0 fully saturated rings. The first-order chi connectivity index (χ1) is 11.4. The van der Waals surface area contributed by atoms with Crippen molar-refractivity contribution in [2.24, 2.45) is 10.8 Å². The van der Waals surface area contributed by atoms with Crippen LogP contribution in [0.4, 0.5) is 0 Å². The lowest BCUT2D eigenvalue weighted by Gasteiger charge is -2.19. The predicted molar refractivity (Wildman–Crippen MR) is 107 cm³/mol. The zero-order valence-electron chi connectivity index (χ0n) is 16.2. The Morgan fingerprint density at radius 1 is 0.760 bits per heavy atom. The fourth-order valence-electron chi connectivity index (χ4n) is 3.69. The first kappa shape index (κ1) is 18.4. The topological polar surface area (TPSA) is 37.3 Å². The van der Waals surface area contributed by atoms with Crippen molar-refractivity contribution >= 4 is 18.0 Å². The zero-order chi connectivity index (χ0) is 18.6. The highest BCUT2D eigenvalue weighted by Gasteiger charge is 2.37. The van der Waals surface area contributed by atoms with E-state index in [2.05, 4.69) is 53.7 Å². The van der Waals surface area contributed by atoms with Gasteiger partial charge in [-0.1, -0.05) is 65.8 Å². The van der Waals surface area contributed by atoms with Crippen molar-refractivity contribution in [1.29, 1.82) is 0 Å². The molecule has 0 bridgehead atoms. The maximum Gasteiger partial charge on any atom is 0.260 e. The average Bonchev–Trinajstić information content (AvgIpc) is 2.64. The van der Waals surface area contributed by atoms with Gasteiger partial charge in [-0.15, -0.1) is 0 Å². The summed E-state index contributed by atoms with van der Waals surface area (Å²) in [5.41, 5.74) is 4.39. The molecule has 0 saturated heterocycles. The summed E-state index contributed by atoms with van der Waals surface area (Å²) in [4.78, 5) is 10.9. The number of fused-ring (bicyclic) bond motifs is 3. The molecule has 1 aliphatic heterocycles. The van der Waals surface area contributed by atoms with Crippen LogP contribution in [0.3, 0.4) is 0 Å². The highest BCUT2D eigenvalue weighted by molar-refractivity contribution is 7.74. The smallest absolute Gasteiger partial charge is 0.260 e. The Labute approximate surface area is 151 Å². The normalized spacial score (nSPS) is 15.8. The summed E-state index contributed by atoms with van der Waals surface area (Å²) in [6.45, 7) is 13.1. The van der Waals surface area contributed by atoms with Crippen molar-refractivity contribution in [1.82, 2.24) is 0 Å². The van der Waals surface area contributed by atoms with E-state index >= 15 is 0 Å². The van der Waals surface area contributed by atoms with E-state index in [9.17, 15) is 9.46 Å². The van der Waals surface area contributed by atoms with Gasteiger partial charge in [0.05, 0.1) is 0 Å². The number of rotatable bonds is 2. The van der Waals surface area contributed by atoms with Crippen molar-refractivity contribution in [2.75, 3.05) is 0 Å². The molecular weight excluding hydrogens is 327 g/mol. The number of hydrogen-bond donors (Lipinski definition) is 1. The van der Waals surface area contributed by atoms with Gasteiger partial charge >= 0.3 is 0 Å². The lowest BCUT2D eigenvalue weighted by atomic mass is 9.87. The van der Waals surface area contributed by atoms with Gasteiger partial charge in [0.2, 0.25) is 0 Å². The lowest BCUT2D eigenvalue weighted by Crippen LogP contribution is -2.14. The van der Waals surface area contributed by atoms with E-state index in [0.29, 0.717) is 10.6 Å². The fraction of sp³-hybridized carbons (Fsp3) is 0.455. The molecule has 0 aliphatic carbocycles. The zero-order valence-corrected chi connectivity index (χ0v) is 17.1. The van der Waals surface area contributed by atoms with Crippen molar-refractivity contribution in [3.8, 4) is 11.1 Å². The quantitative estimate of drug-likeness (QED) is 0.763. The molecule has 0 radical (unpaired) electrons. The van der Waals surface area contributed by atoms with Crippen LogP contribution in [0.1, 0.15) is 52.7 Å². The van der Waals surface area contributed by atoms with Crippen LogP contribution in [-0.2, 0) is 17.4 Å². The molecule has 0 amide bonds. The second-order valence-electron chi connectivity index (χ2n) is 9.75. The Bertz CT molecular complexity index is 797. The van der Waals surface area contributed by atoms with Gasteiger partial charge in [-0.25, -0.2) is 0 Å². The SMILES string of the molecule is CC(C)(C)Cc1ccc2c(c1)P(=O)(O)c1cc(CC(C)(C)C)ccc1-2. The molecule has 25 heavy (non-hydrogen) atoms. The van der Waals surface area contributed by atoms with Gasteiger partial charge in [0.15, 0.2) is 0 Å². The van der Waals surface area contributed by atoms with Gasteiger partial charge in [-0.3, -0.25) is 4.57 Å². The minimum absolute atomic E-state index is 0.152. The summed E-state index contributed by atoms with van der Waals surface area (Å²) in [7, 11) is -3.51. The van der Waals surface area contributed by atoms with Gasteiger partial charge < -0.3 is 4.89 Å². The molecule has 2 aromatic rings. The third kappa shape index (κ3) is 3.76. The van der Waals surface area contributed by atoms with Crippen LogP contribution in [0.5, 0.6) is 0 Å². The Hall–Kier alpha value is -1.37. The van der Waals surface area contributed by atoms with Crippen LogP contribution in [0.2, 0.25) is 0 Å². The van der Waals surface area contributed by atoms with Gasteiger partial charge in [0, 0.05) is 10.6 Å². The first-order valence-corrected chi connectivity index (χ1v) is 10.6. The monoisotopic (exact) mass is 356 g/mol. The van der Waals surface area contributed by atoms with E-state index in [1.807, 2.05) is 24.3 Å². The van der Waals surface area contributed by atoms with Crippen molar-refractivity contribution < 1.29 is 9.46 Å². The Balaban J connectivity index is 2.06. The first-order valence-electron chi connectivity index (χ1n) is 8.97. The average molecular weight is 356 g/mol. The van der Waals surface area contributed by atoms with E-state index in [1.54, 1.807) is 0 Å². The van der Waals surface area contributed by atoms with Crippen LogP contribution in [0.15, 0.2) is 36.4 Å². The summed E-state index contributed by atoms with van der Waals surface area (Å²) >= 11 is 0. The molecule has 1 N–H and O–H groups in total. The highest BCUT2D eigenvalue weighted by Crippen LogP contribution is 2.50. The maximum atomic E-state index is 13.3. The van der Waals surface area contributed by atoms with E-state index in [4.69, 9.17) is 0 Å². The summed E-state index contributed by atoms with van der Waals surface area (Å²) < 4.78 is 13.3. The van der Waals surface area contributed by atoms with Crippen LogP contribution in [0, 0.1) is 10.8 Å². The molecular formula is C22H29O2P. The van der Waals surface area contributed by atoms with Crippen LogP contribution in [0.25, 0.3) is 11.1 Å². The van der Waals surface area contributed by atoms with E-state index in [1.165, 1.54) is 0 Å². The molecule has 134 valence electrons. The number of hydrogen-bond acceptors (Lipinski definition) is 1. The van der Waals surface area contributed by atoms with E-state index in [0.717, 1.165) is 35.1 Å². The molecule has 2 aromatic carbocycles. The predicted octanol–water partition coefficient (Wildman–Crippen LogP) is 5.07. The van der Waals surface area contributed by atoms with Crippen LogP contribution in [-0.4, -0.2) is 4.89 Å². The molecule has 0 aromatic heterocycles. The standard InChI is InChI=1S/C22H29O2P/c1-21(2,3)13-15-7-9-17-18-10-8-16(14-22(4,5)6)12-20(18)25(23,24)19(17)11-15/h7-12H,13-14H2,1-6H3,(H,23,24). The molecule has 0 unspecified atom stereocenters. The third-order valence-electron chi connectivity index (χ3n) is 4.54. The van der Waals surface area contributed by atoms with Gasteiger partial charge in [-0.05, 0) is 58.1 Å². The minimum atomic E-state index is -3.51. The summed E-state index contributed by atoms with van der Waals surface area (Å²) in [6.07, 6.45) is 1.79. The fourth-order valence-corrected chi connectivity index (χ4v) is 5.67. The van der Waals surface area contributed by atoms with Crippen molar-refractivity contribution in [3.63, 3.8) is 0 Å². The van der Waals surface area contributed by atoms with Crippen LogP contribution >= 0.6 is 7.37 Å². The molecule has 1 aliphatic rings. The lowest BCUT2D eigenvalue weighted by molar-refractivity contribution is 0.411. The molecule has 0 saturated carbocycles. The molecule has 0 atom stereocenters. The minimum Gasteiger partial charge on any atom is -0.338 e. The Kier molecular flexibility index (Phi) is 4.29. The van der Waals surface area contributed by atoms with Gasteiger partial charge in [-0.2, -0.15) is 0 Å². The molecule has 0 spiro atoms. The molecule has 3 rings (SSSR count). The van der Waals surface area contributed by atoms with Crippen molar-refractivity contribution in [2.45, 2.75) is 54.4 Å². The largest absolute Gasteiger partial charge is 0.338 e. The molecule has 2 nitrogen and oxygen atoms in total. The van der Waals surface area contributed by atoms with Crippen LogP contribution < -0.4 is 10.6 Å².